The number of rotatable bonds is 2. The molecular formula is C18H29N3O2. The van der Waals surface area contributed by atoms with Crippen molar-refractivity contribution in [2.75, 3.05) is 13.1 Å². The molecule has 0 bridgehead atoms. The van der Waals surface area contributed by atoms with Crippen molar-refractivity contribution in [1.82, 2.24) is 15.1 Å². The Hall–Kier alpha value is -1.49. The number of aromatic nitrogens is 2. The molecule has 1 fully saturated rings. The predicted octanol–water partition coefficient (Wildman–Crippen LogP) is 3.27. The van der Waals surface area contributed by atoms with E-state index < -0.39 is 10.8 Å². The van der Waals surface area contributed by atoms with Gasteiger partial charge in [0.15, 0.2) is 5.78 Å². The van der Waals surface area contributed by atoms with Gasteiger partial charge < -0.3 is 5.32 Å². The Morgan fingerprint density at radius 1 is 1.09 bits per heavy atom. The van der Waals surface area contributed by atoms with Crippen molar-refractivity contribution in [2.45, 2.75) is 60.3 Å². The lowest BCUT2D eigenvalue weighted by Gasteiger charge is -2.23. The first kappa shape index (κ1) is 17.9. The molecule has 0 saturated carbocycles. The quantitative estimate of drug-likeness (QED) is 0.850. The number of ketones is 1. The van der Waals surface area contributed by atoms with Crippen LogP contribution in [-0.2, 0) is 0 Å². The number of hydrogen-bond acceptors (Lipinski definition) is 4. The predicted molar refractivity (Wildman–Crippen MR) is 90.9 cm³/mol. The van der Waals surface area contributed by atoms with E-state index in [9.17, 15) is 9.59 Å². The summed E-state index contributed by atoms with van der Waals surface area (Å²) in [5.74, 6) is 0.214. The zero-order valence-electron chi connectivity index (χ0n) is 15.2. The van der Waals surface area contributed by atoms with Crippen LogP contribution in [0.3, 0.4) is 0 Å². The fraction of sp³-hybridized carbons (Fsp3) is 0.722. The molecule has 0 radical (unpaired) electrons. The Balaban J connectivity index is 2.47. The molecule has 0 aliphatic carbocycles. The smallest absolute Gasteiger partial charge is 0.252 e. The molecule has 0 unspecified atom stereocenters. The van der Waals surface area contributed by atoms with E-state index in [2.05, 4.69) is 10.4 Å². The van der Waals surface area contributed by atoms with E-state index in [1.807, 2.05) is 41.5 Å². The summed E-state index contributed by atoms with van der Waals surface area (Å²) >= 11 is 0. The standard InChI is InChI=1S/C18H29N3O2/c1-17(2,3)15(22)14-13(12-7-9-19-10-8-12)11-21(20-14)16(23)18(4,5)6/h11-12,19H,7-10H2,1-6H3. The largest absolute Gasteiger partial charge is 0.317 e. The average Bonchev–Trinajstić information content (AvgIpc) is 2.89. The molecule has 1 aromatic heterocycles. The molecule has 0 spiro atoms. The number of carbonyl (C=O) groups excluding carboxylic acids is 2. The lowest BCUT2D eigenvalue weighted by atomic mass is 9.83. The summed E-state index contributed by atoms with van der Waals surface area (Å²) in [5, 5.41) is 7.75. The number of carbonyl (C=O) groups is 2. The summed E-state index contributed by atoms with van der Waals surface area (Å²) < 4.78 is 1.39. The van der Waals surface area contributed by atoms with Crippen LogP contribution in [0.4, 0.5) is 0 Å². The van der Waals surface area contributed by atoms with Crippen molar-refractivity contribution in [3.63, 3.8) is 0 Å². The van der Waals surface area contributed by atoms with Crippen molar-refractivity contribution >= 4 is 11.7 Å². The third kappa shape index (κ3) is 3.89. The molecule has 1 N–H and O–H groups in total. The van der Waals surface area contributed by atoms with Gasteiger partial charge in [0.25, 0.3) is 5.91 Å². The zero-order valence-corrected chi connectivity index (χ0v) is 15.2. The molecule has 5 nitrogen and oxygen atoms in total. The highest BCUT2D eigenvalue weighted by Gasteiger charge is 2.33. The molecule has 2 rings (SSSR count). The van der Waals surface area contributed by atoms with Gasteiger partial charge in [0.2, 0.25) is 0 Å². The second-order valence-corrected chi connectivity index (χ2v) is 8.54. The maximum Gasteiger partial charge on any atom is 0.252 e. The fourth-order valence-electron chi connectivity index (χ4n) is 2.80. The first-order chi connectivity index (χ1) is 10.5. The van der Waals surface area contributed by atoms with Gasteiger partial charge in [-0.2, -0.15) is 5.10 Å². The second-order valence-electron chi connectivity index (χ2n) is 8.54. The summed E-state index contributed by atoms with van der Waals surface area (Å²) in [5.41, 5.74) is 0.372. The normalized spacial score (nSPS) is 17.3. The molecule has 0 atom stereocenters. The SMILES string of the molecule is CC(C)(C)C(=O)c1nn(C(=O)C(C)(C)C)cc1C1CCNCC1. The highest BCUT2D eigenvalue weighted by atomic mass is 16.2. The number of nitrogens with zero attached hydrogens (tertiary/aromatic N) is 2. The van der Waals surface area contributed by atoms with Crippen LogP contribution in [0.2, 0.25) is 0 Å². The Kier molecular flexibility index (Phi) is 4.81. The van der Waals surface area contributed by atoms with E-state index in [1.54, 1.807) is 6.20 Å². The fourth-order valence-corrected chi connectivity index (χ4v) is 2.80. The van der Waals surface area contributed by atoms with Gasteiger partial charge in [0.1, 0.15) is 5.69 Å². The zero-order chi connectivity index (χ0) is 17.4. The maximum atomic E-state index is 12.8. The number of piperidine rings is 1. The molecule has 1 aliphatic rings. The van der Waals surface area contributed by atoms with Gasteiger partial charge in [-0.1, -0.05) is 41.5 Å². The third-order valence-corrected chi connectivity index (χ3v) is 4.27. The lowest BCUT2D eigenvalue weighted by Crippen LogP contribution is -2.28. The van der Waals surface area contributed by atoms with Gasteiger partial charge in [-0.15, -0.1) is 0 Å². The number of nitrogens with one attached hydrogen (secondary N) is 1. The molecule has 2 heterocycles. The van der Waals surface area contributed by atoms with Gasteiger partial charge in [-0.25, -0.2) is 4.68 Å². The molecule has 128 valence electrons. The van der Waals surface area contributed by atoms with Crippen molar-refractivity contribution in [3.8, 4) is 0 Å². The molecule has 0 amide bonds. The molecule has 1 saturated heterocycles. The van der Waals surface area contributed by atoms with Crippen LogP contribution in [0.25, 0.3) is 0 Å². The lowest BCUT2D eigenvalue weighted by molar-refractivity contribution is 0.0746. The van der Waals surface area contributed by atoms with Crippen molar-refractivity contribution in [2.24, 2.45) is 10.8 Å². The minimum absolute atomic E-state index is 0.00601. The van der Waals surface area contributed by atoms with Crippen LogP contribution < -0.4 is 5.32 Å². The van der Waals surface area contributed by atoms with Crippen LogP contribution in [-0.4, -0.2) is 34.6 Å². The van der Waals surface area contributed by atoms with Gasteiger partial charge in [0.05, 0.1) is 0 Å². The first-order valence-corrected chi connectivity index (χ1v) is 8.41. The summed E-state index contributed by atoms with van der Waals surface area (Å²) in [7, 11) is 0. The Bertz CT molecular complexity index is 597. The van der Waals surface area contributed by atoms with Crippen molar-refractivity contribution in [3.05, 3.63) is 17.5 Å². The van der Waals surface area contributed by atoms with E-state index in [0.29, 0.717) is 11.6 Å². The van der Waals surface area contributed by atoms with Crippen LogP contribution in [0.15, 0.2) is 6.20 Å². The van der Waals surface area contributed by atoms with E-state index in [1.165, 1.54) is 4.68 Å². The van der Waals surface area contributed by atoms with Gasteiger partial charge in [-0.3, -0.25) is 9.59 Å². The second kappa shape index (κ2) is 6.19. The topological polar surface area (TPSA) is 64.0 Å². The molecule has 1 aliphatic heterocycles. The maximum absolute atomic E-state index is 12.8. The Morgan fingerprint density at radius 3 is 2.13 bits per heavy atom. The van der Waals surface area contributed by atoms with Gasteiger partial charge in [-0.05, 0) is 31.8 Å². The minimum Gasteiger partial charge on any atom is -0.317 e. The third-order valence-electron chi connectivity index (χ3n) is 4.27. The van der Waals surface area contributed by atoms with Crippen LogP contribution in [0.1, 0.15) is 81.1 Å². The summed E-state index contributed by atoms with van der Waals surface area (Å²) in [6, 6.07) is 0. The number of Topliss-reactive ketones (excluding diaryl/α,β-unsaturated/α-hetero) is 1. The molecule has 0 aromatic carbocycles. The van der Waals surface area contributed by atoms with E-state index in [4.69, 9.17) is 0 Å². The summed E-state index contributed by atoms with van der Waals surface area (Å²) in [6.07, 6.45) is 3.74. The Labute approximate surface area is 138 Å². The summed E-state index contributed by atoms with van der Waals surface area (Å²) in [6.45, 7) is 13.2. The number of hydrogen-bond donors (Lipinski definition) is 1. The highest BCUT2D eigenvalue weighted by molar-refractivity contribution is 6.00. The van der Waals surface area contributed by atoms with E-state index >= 15 is 0 Å². The molecule has 1 aromatic rings. The van der Waals surface area contributed by atoms with Crippen LogP contribution >= 0.6 is 0 Å². The van der Waals surface area contributed by atoms with Gasteiger partial charge >= 0.3 is 0 Å². The molecule has 5 heteroatoms. The van der Waals surface area contributed by atoms with Crippen LogP contribution in [0.5, 0.6) is 0 Å². The molecule has 23 heavy (non-hydrogen) atoms. The monoisotopic (exact) mass is 319 g/mol. The van der Waals surface area contributed by atoms with Gasteiger partial charge in [0, 0.05) is 22.6 Å². The van der Waals surface area contributed by atoms with Crippen LogP contribution in [0, 0.1) is 10.8 Å². The average molecular weight is 319 g/mol. The minimum atomic E-state index is -0.528. The first-order valence-electron chi connectivity index (χ1n) is 8.41. The van der Waals surface area contributed by atoms with Crippen molar-refractivity contribution < 1.29 is 9.59 Å². The van der Waals surface area contributed by atoms with Crippen molar-refractivity contribution in [1.29, 1.82) is 0 Å². The summed E-state index contributed by atoms with van der Waals surface area (Å²) in [4.78, 5) is 25.4. The molecular weight excluding hydrogens is 290 g/mol. The van der Waals surface area contributed by atoms with E-state index in [0.717, 1.165) is 31.5 Å². The Morgan fingerprint density at radius 2 is 1.65 bits per heavy atom. The van der Waals surface area contributed by atoms with E-state index in [-0.39, 0.29) is 11.7 Å². The highest BCUT2D eigenvalue weighted by Crippen LogP contribution is 2.32.